The average Bonchev–Trinajstić information content (AvgIpc) is 3.24. The Morgan fingerprint density at radius 2 is 1.43 bits per heavy atom. The molecule has 4 bridgehead atoms. The second-order valence-electron chi connectivity index (χ2n) is 17.4. The maximum atomic E-state index is 14.2. The molecule has 2 aliphatic heterocycles. The molecule has 12 heteroatoms. The number of aryl methyl sites for hydroxylation is 1. The topological polar surface area (TPSA) is 182 Å². The third kappa shape index (κ3) is 11.5. The molecule has 0 radical (unpaired) electrons. The highest BCUT2D eigenvalue weighted by molar-refractivity contribution is 6.00. The Labute approximate surface area is 369 Å². The Kier molecular flexibility index (Phi) is 15.8. The quantitative estimate of drug-likeness (QED) is 0.0598. The summed E-state index contributed by atoms with van der Waals surface area (Å²) in [4.78, 5) is 83.2. The number of fused-ring (bicyclic) bond motifs is 6. The van der Waals surface area contributed by atoms with Crippen LogP contribution >= 0.6 is 0 Å². The van der Waals surface area contributed by atoms with Gasteiger partial charge in [-0.2, -0.15) is 0 Å². The number of rotatable bonds is 17. The summed E-state index contributed by atoms with van der Waals surface area (Å²) >= 11 is 0. The van der Waals surface area contributed by atoms with Crippen molar-refractivity contribution in [2.24, 2.45) is 5.92 Å². The van der Waals surface area contributed by atoms with Gasteiger partial charge in [0.1, 0.15) is 29.6 Å². The van der Waals surface area contributed by atoms with Crippen molar-refractivity contribution in [3.63, 3.8) is 0 Å². The van der Waals surface area contributed by atoms with Gasteiger partial charge in [0, 0.05) is 61.9 Å². The number of ketones is 2. The van der Waals surface area contributed by atoms with E-state index in [0.29, 0.717) is 36.1 Å². The normalized spacial score (nSPS) is 18.9. The number of likely N-dealkylation sites (tertiary alicyclic amines) is 1. The van der Waals surface area contributed by atoms with Gasteiger partial charge in [0.25, 0.3) is 0 Å². The van der Waals surface area contributed by atoms with Crippen molar-refractivity contribution in [1.29, 1.82) is 0 Å². The first-order valence-electron chi connectivity index (χ1n) is 22.6. The number of likely N-dealkylation sites (N-methyl/N-ethyl adjacent to an activating group) is 1. The molecule has 3 amide bonds. The molecule has 6 rings (SSSR count). The number of nitrogens with one attached hydrogen (secondary N) is 1. The molecule has 0 aromatic heterocycles. The summed E-state index contributed by atoms with van der Waals surface area (Å²) in [6.45, 7) is 4.08. The zero-order chi connectivity index (χ0) is 45.2. The molecular formula is C51H61N3O9. The summed E-state index contributed by atoms with van der Waals surface area (Å²) in [5.41, 5.74) is 2.99. The third-order valence-electron chi connectivity index (χ3n) is 12.7. The van der Waals surface area contributed by atoms with E-state index in [-0.39, 0.29) is 60.0 Å². The van der Waals surface area contributed by atoms with Crippen molar-refractivity contribution >= 4 is 46.0 Å². The second-order valence-corrected chi connectivity index (χ2v) is 17.4. The molecule has 0 saturated carbocycles. The molecule has 63 heavy (non-hydrogen) atoms. The molecule has 0 unspecified atom stereocenters. The summed E-state index contributed by atoms with van der Waals surface area (Å²) in [5, 5.41) is 36.3. The largest absolute Gasteiger partial charge is 0.507 e. The first-order valence-corrected chi connectivity index (χ1v) is 22.6. The Hall–Kier alpha value is -6.04. The number of aliphatic carboxylic acids is 1. The molecule has 2 heterocycles. The number of benzene rings is 4. The van der Waals surface area contributed by atoms with Crippen molar-refractivity contribution in [2.75, 3.05) is 13.6 Å². The molecule has 4 aromatic carbocycles. The predicted molar refractivity (Wildman–Crippen MR) is 241 cm³/mol. The van der Waals surface area contributed by atoms with Crippen molar-refractivity contribution in [2.45, 2.75) is 128 Å². The van der Waals surface area contributed by atoms with Gasteiger partial charge in [-0.15, -0.1) is 0 Å². The van der Waals surface area contributed by atoms with Gasteiger partial charge >= 0.3 is 5.97 Å². The number of phenols is 2. The fourth-order valence-corrected chi connectivity index (χ4v) is 8.83. The minimum Gasteiger partial charge on any atom is -0.507 e. The van der Waals surface area contributed by atoms with Gasteiger partial charge in [-0.25, -0.2) is 4.79 Å². The number of phenolic OH excluding ortho intramolecular Hbond substituents is 2. The van der Waals surface area contributed by atoms with Crippen LogP contribution in [0.2, 0.25) is 0 Å². The maximum Gasteiger partial charge on any atom is 0.326 e. The van der Waals surface area contributed by atoms with Crippen molar-refractivity contribution in [3.05, 3.63) is 95.1 Å². The zero-order valence-corrected chi connectivity index (χ0v) is 36.7. The second kappa shape index (κ2) is 21.4. The Morgan fingerprint density at radius 3 is 2.13 bits per heavy atom. The number of unbranched alkanes of at least 4 members (excludes halogenated alkanes) is 7. The molecular weight excluding hydrogens is 799 g/mol. The Balaban J connectivity index is 1.08. The number of hydrogen-bond donors (Lipinski definition) is 4. The first-order chi connectivity index (χ1) is 30.2. The smallest absolute Gasteiger partial charge is 0.326 e. The molecule has 12 nitrogen and oxygen atoms in total. The monoisotopic (exact) mass is 859 g/mol. The molecule has 4 N–H and O–H groups in total. The zero-order valence-electron chi connectivity index (χ0n) is 36.7. The molecule has 2 aliphatic rings. The van der Waals surface area contributed by atoms with Crippen LogP contribution in [0.1, 0.15) is 130 Å². The fourth-order valence-electron chi connectivity index (χ4n) is 8.83. The number of Topliss-reactive ketones (excluding diaryl/α,β-unsaturated/α-hetero) is 2. The maximum absolute atomic E-state index is 14.2. The van der Waals surface area contributed by atoms with E-state index in [2.05, 4.69) is 30.4 Å². The van der Waals surface area contributed by atoms with Crippen molar-refractivity contribution < 1.29 is 44.1 Å². The van der Waals surface area contributed by atoms with Gasteiger partial charge in [0.15, 0.2) is 11.6 Å². The number of hydrogen-bond acceptors (Lipinski definition) is 8. The van der Waals surface area contributed by atoms with Crippen LogP contribution in [-0.2, 0) is 36.8 Å². The standard InChI is InChI=1S/C51H61N3O9/c1-4-5-6-7-8-9-10-11-13-33-16-18-36-30-37(20-19-35(36)27-33)43(55)14-12-15-47(59)54-25-24-42(54)50(61)53(3)48-38-21-23-45(57)40(31-38)39-28-34(17-22-44(39)56)29-41(51(62)63)52-49(60)32(2)26-46(48)58/h16-23,27-28,30-32,41-42,48,56-57H,4-15,24-26,29H2,1-3H3,(H,52,60)(H,62,63)/t32-,41+,42+,48+/m1/s1. The summed E-state index contributed by atoms with van der Waals surface area (Å²) in [5.74, 6) is -4.68. The van der Waals surface area contributed by atoms with E-state index in [4.69, 9.17) is 0 Å². The van der Waals surface area contributed by atoms with Crippen LogP contribution in [0.5, 0.6) is 11.5 Å². The molecule has 4 atom stereocenters. The minimum atomic E-state index is -1.34. The third-order valence-corrected chi connectivity index (χ3v) is 12.7. The van der Waals surface area contributed by atoms with E-state index in [1.165, 1.54) is 117 Å². The predicted octanol–water partition coefficient (Wildman–Crippen LogP) is 8.48. The first kappa shape index (κ1) is 46.5. The van der Waals surface area contributed by atoms with Crippen molar-refractivity contribution in [1.82, 2.24) is 15.1 Å². The molecule has 1 saturated heterocycles. The van der Waals surface area contributed by atoms with Gasteiger partial charge in [0.2, 0.25) is 17.7 Å². The van der Waals surface area contributed by atoms with Crippen LogP contribution in [0, 0.1) is 5.92 Å². The molecule has 334 valence electrons. The number of amides is 3. The lowest BCUT2D eigenvalue weighted by Gasteiger charge is -2.43. The number of carbonyl (C=O) groups excluding carboxylic acids is 5. The van der Waals surface area contributed by atoms with E-state index < -0.39 is 47.6 Å². The SMILES string of the molecule is CCCCCCCCCCc1ccc2cc(C(=O)CCCC(=O)N3CC[C@H]3C(=O)N(C)[C@@H]3C(=O)C[C@@H](C)C(=O)N[C@H](C(=O)O)Cc4ccc(O)c(c4)-c4cc3ccc4O)ccc2c1. The Morgan fingerprint density at radius 1 is 0.762 bits per heavy atom. The highest BCUT2D eigenvalue weighted by Gasteiger charge is 2.42. The van der Waals surface area contributed by atoms with Crippen LogP contribution < -0.4 is 5.32 Å². The number of carbonyl (C=O) groups is 6. The minimum absolute atomic E-state index is 0.0606. The highest BCUT2D eigenvalue weighted by Crippen LogP contribution is 2.40. The van der Waals surface area contributed by atoms with E-state index in [9.17, 15) is 44.1 Å². The number of nitrogens with zero attached hydrogens (tertiary/aromatic N) is 2. The van der Waals surface area contributed by atoms with E-state index >= 15 is 0 Å². The van der Waals surface area contributed by atoms with Gasteiger partial charge in [-0.1, -0.05) is 101 Å². The Bertz CT molecular complexity index is 2340. The van der Waals surface area contributed by atoms with Crippen LogP contribution in [-0.4, -0.2) is 86.1 Å². The summed E-state index contributed by atoms with van der Waals surface area (Å²) < 4.78 is 0. The summed E-state index contributed by atoms with van der Waals surface area (Å²) in [6, 6.07) is 17.4. The molecule has 0 spiro atoms. The van der Waals surface area contributed by atoms with Gasteiger partial charge in [-0.3, -0.25) is 24.0 Å². The number of carboxylic acid groups (broad SMARTS) is 1. The lowest BCUT2D eigenvalue weighted by Crippen LogP contribution is -2.59. The van der Waals surface area contributed by atoms with Gasteiger partial charge in [0.05, 0.1) is 0 Å². The molecule has 4 aromatic rings. The van der Waals surface area contributed by atoms with E-state index in [0.717, 1.165) is 17.2 Å². The van der Waals surface area contributed by atoms with E-state index in [1.807, 2.05) is 18.2 Å². The fraction of sp³-hybridized carbons (Fsp3) is 0.451. The summed E-state index contributed by atoms with van der Waals surface area (Å²) in [7, 11) is 1.45. The van der Waals surface area contributed by atoms with Crippen LogP contribution in [0.25, 0.3) is 21.9 Å². The highest BCUT2D eigenvalue weighted by atomic mass is 16.4. The van der Waals surface area contributed by atoms with Gasteiger partial charge < -0.3 is 30.4 Å². The van der Waals surface area contributed by atoms with Crippen LogP contribution in [0.4, 0.5) is 0 Å². The van der Waals surface area contributed by atoms with Crippen LogP contribution in [0.3, 0.4) is 0 Å². The van der Waals surface area contributed by atoms with Crippen molar-refractivity contribution in [3.8, 4) is 22.6 Å². The molecule has 1 fully saturated rings. The number of carboxylic acids is 1. The van der Waals surface area contributed by atoms with Crippen LogP contribution in [0.15, 0.2) is 72.8 Å². The van der Waals surface area contributed by atoms with E-state index in [1.54, 1.807) is 0 Å². The lowest BCUT2D eigenvalue weighted by molar-refractivity contribution is -0.155. The summed E-state index contributed by atoms with van der Waals surface area (Å²) in [6.07, 6.45) is 11.7. The lowest BCUT2D eigenvalue weighted by atomic mass is 9.89. The molecule has 0 aliphatic carbocycles. The average molecular weight is 860 g/mol. The number of aromatic hydroxyl groups is 2. The van der Waals surface area contributed by atoms with Gasteiger partial charge in [-0.05, 0) is 83.5 Å².